The number of Topliss-reactive ketones (excluding diaryl/α,β-unsaturated/α-hetero) is 2. The van der Waals surface area contributed by atoms with Gasteiger partial charge in [0.2, 0.25) is 5.78 Å². The second-order valence-corrected chi connectivity index (χ2v) is 10.9. The van der Waals surface area contributed by atoms with Crippen molar-refractivity contribution < 1.29 is 44.3 Å². The topological polar surface area (TPSA) is 191 Å². The van der Waals surface area contributed by atoms with E-state index in [2.05, 4.69) is 0 Å². The SMILES string of the molecule is CCOC(=O)CCc1cc(N(C)C)c2c(c1O)C(O)=C1C(=O)C3(O)C(O)=C(C(N)=O)C(=O)C(N(C)C)C3CC1C2. The number of benzene rings is 1. The van der Waals surface area contributed by atoms with Crippen LogP contribution >= 0.6 is 0 Å². The monoisotopic (exact) mass is 557 g/mol. The van der Waals surface area contributed by atoms with Gasteiger partial charge in [-0.1, -0.05) is 0 Å². The molecule has 0 aromatic heterocycles. The van der Waals surface area contributed by atoms with Crippen LogP contribution in [0, 0.1) is 11.8 Å². The van der Waals surface area contributed by atoms with Crippen LogP contribution in [0.1, 0.15) is 36.5 Å². The Bertz CT molecular complexity index is 1380. The van der Waals surface area contributed by atoms with E-state index in [9.17, 15) is 39.6 Å². The molecule has 216 valence electrons. The number of esters is 1. The molecule has 0 spiro atoms. The predicted octanol–water partition coefficient (Wildman–Crippen LogP) is 0.526. The van der Waals surface area contributed by atoms with E-state index in [-0.39, 0.29) is 49.2 Å². The number of ether oxygens (including phenoxy) is 1. The van der Waals surface area contributed by atoms with Gasteiger partial charge in [-0.15, -0.1) is 0 Å². The lowest BCUT2D eigenvalue weighted by molar-refractivity contribution is -0.153. The van der Waals surface area contributed by atoms with Crippen LogP contribution in [0.2, 0.25) is 0 Å². The molecule has 0 aliphatic heterocycles. The summed E-state index contributed by atoms with van der Waals surface area (Å²) >= 11 is 0. The zero-order valence-electron chi connectivity index (χ0n) is 23.1. The number of ketones is 2. The van der Waals surface area contributed by atoms with Crippen LogP contribution in [-0.2, 0) is 36.8 Å². The molecule has 12 nitrogen and oxygen atoms in total. The summed E-state index contributed by atoms with van der Waals surface area (Å²) < 4.78 is 4.98. The first-order chi connectivity index (χ1) is 18.7. The number of carbonyl (C=O) groups is 4. The lowest BCUT2D eigenvalue weighted by Crippen LogP contribution is -2.65. The Morgan fingerprint density at radius 1 is 1.15 bits per heavy atom. The van der Waals surface area contributed by atoms with Crippen LogP contribution in [-0.4, -0.2) is 95.2 Å². The summed E-state index contributed by atoms with van der Waals surface area (Å²) in [6.45, 7) is 1.89. The lowest BCUT2D eigenvalue weighted by Gasteiger charge is -2.50. The number of phenols is 1. The average molecular weight is 558 g/mol. The molecule has 1 aromatic rings. The number of anilines is 1. The number of nitrogens with two attached hydrogens (primary N) is 1. The van der Waals surface area contributed by atoms with Gasteiger partial charge in [0.25, 0.3) is 5.91 Å². The molecule has 0 bridgehead atoms. The van der Waals surface area contributed by atoms with Crippen molar-refractivity contribution >= 4 is 34.9 Å². The number of amides is 1. The Hall–Kier alpha value is -3.90. The Morgan fingerprint density at radius 3 is 2.35 bits per heavy atom. The standard InChI is InChI=1S/C28H35N3O9/c1-6-40-17(32)8-7-12-11-16(30(2)3)14-9-13-10-15-21(31(4)5)24(35)20(27(29)38)26(37)28(15,39)25(36)18(13)23(34)19(14)22(12)33/h11,13,15,21,33-34,37,39H,6-10H2,1-5H3,(H2,29,38). The van der Waals surface area contributed by atoms with Gasteiger partial charge in [-0.25, -0.2) is 0 Å². The van der Waals surface area contributed by atoms with Crippen molar-refractivity contribution in [1.82, 2.24) is 4.90 Å². The van der Waals surface area contributed by atoms with Crippen LogP contribution in [0.3, 0.4) is 0 Å². The number of hydrogen-bond acceptors (Lipinski definition) is 11. The molecule has 4 atom stereocenters. The number of aliphatic hydroxyl groups is 3. The van der Waals surface area contributed by atoms with Gasteiger partial charge < -0.3 is 35.8 Å². The van der Waals surface area contributed by atoms with Gasteiger partial charge >= 0.3 is 5.97 Å². The van der Waals surface area contributed by atoms with Gasteiger partial charge in [-0.3, -0.25) is 24.1 Å². The number of hydrogen-bond donors (Lipinski definition) is 5. The quantitative estimate of drug-likeness (QED) is 0.232. The van der Waals surface area contributed by atoms with Gasteiger partial charge in [0.05, 0.1) is 18.2 Å². The number of aliphatic hydroxyl groups excluding tert-OH is 2. The number of nitrogens with zero attached hydrogens (tertiary/aromatic N) is 2. The number of likely N-dealkylation sites (N-methyl/N-ethyl adjacent to an activating group) is 1. The highest BCUT2D eigenvalue weighted by molar-refractivity contribution is 6.24. The van der Waals surface area contributed by atoms with Crippen LogP contribution in [0.5, 0.6) is 5.75 Å². The molecule has 1 saturated carbocycles. The number of fused-ring (bicyclic) bond motifs is 3. The highest BCUT2D eigenvalue weighted by atomic mass is 16.5. The van der Waals surface area contributed by atoms with Crippen molar-refractivity contribution in [2.45, 2.75) is 44.2 Å². The minimum Gasteiger partial charge on any atom is -0.508 e. The molecule has 40 heavy (non-hydrogen) atoms. The number of aromatic hydroxyl groups is 1. The first kappa shape index (κ1) is 29.1. The van der Waals surface area contributed by atoms with E-state index in [1.54, 1.807) is 46.1 Å². The van der Waals surface area contributed by atoms with Crippen LogP contribution < -0.4 is 10.6 Å². The fourth-order valence-corrected chi connectivity index (χ4v) is 6.41. The fraction of sp³-hybridized carbons (Fsp3) is 0.500. The lowest BCUT2D eigenvalue weighted by atomic mass is 9.57. The third-order valence-corrected chi connectivity index (χ3v) is 8.16. The molecule has 12 heteroatoms. The summed E-state index contributed by atoms with van der Waals surface area (Å²) in [4.78, 5) is 54.5. The van der Waals surface area contributed by atoms with Gasteiger partial charge in [0, 0.05) is 37.7 Å². The zero-order valence-corrected chi connectivity index (χ0v) is 23.1. The molecule has 4 rings (SSSR count). The molecule has 1 aromatic carbocycles. The van der Waals surface area contributed by atoms with E-state index < -0.39 is 64.0 Å². The molecule has 3 aliphatic carbocycles. The highest BCUT2D eigenvalue weighted by Crippen LogP contribution is 2.54. The smallest absolute Gasteiger partial charge is 0.306 e. The summed E-state index contributed by atoms with van der Waals surface area (Å²) in [6.07, 6.45) is 0.253. The molecule has 6 N–H and O–H groups in total. The van der Waals surface area contributed by atoms with Crippen molar-refractivity contribution in [3.05, 3.63) is 39.7 Å². The highest BCUT2D eigenvalue weighted by Gasteiger charge is 2.64. The van der Waals surface area contributed by atoms with Gasteiger partial charge in [0.1, 0.15) is 22.8 Å². The molecule has 1 fully saturated rings. The van der Waals surface area contributed by atoms with Crippen LogP contribution in [0.4, 0.5) is 5.69 Å². The van der Waals surface area contributed by atoms with Gasteiger partial charge in [-0.2, -0.15) is 0 Å². The molecular formula is C28H35N3O9. The van der Waals surface area contributed by atoms with Gasteiger partial charge in [0.15, 0.2) is 11.4 Å². The van der Waals surface area contributed by atoms with Crippen molar-refractivity contribution in [3.8, 4) is 5.75 Å². The van der Waals surface area contributed by atoms with Crippen molar-refractivity contribution in [2.24, 2.45) is 17.6 Å². The van der Waals surface area contributed by atoms with E-state index in [1.165, 1.54) is 4.90 Å². The van der Waals surface area contributed by atoms with E-state index in [4.69, 9.17) is 10.5 Å². The van der Waals surface area contributed by atoms with Crippen molar-refractivity contribution in [2.75, 3.05) is 39.7 Å². The van der Waals surface area contributed by atoms with Crippen molar-refractivity contribution in [1.29, 1.82) is 0 Å². The first-order valence-electron chi connectivity index (χ1n) is 13.0. The molecular weight excluding hydrogens is 522 g/mol. The maximum Gasteiger partial charge on any atom is 0.306 e. The Kier molecular flexibility index (Phi) is 7.46. The molecule has 4 unspecified atom stereocenters. The molecule has 0 saturated heterocycles. The number of rotatable bonds is 7. The van der Waals surface area contributed by atoms with Crippen molar-refractivity contribution in [3.63, 3.8) is 0 Å². The minimum atomic E-state index is -2.70. The van der Waals surface area contributed by atoms with E-state index in [0.29, 0.717) is 16.8 Å². The Morgan fingerprint density at radius 2 is 1.80 bits per heavy atom. The Balaban J connectivity index is 1.92. The zero-order chi connectivity index (χ0) is 29.8. The van der Waals surface area contributed by atoms with E-state index in [0.717, 1.165) is 0 Å². The van der Waals surface area contributed by atoms with Crippen LogP contribution in [0.25, 0.3) is 5.76 Å². The van der Waals surface area contributed by atoms with E-state index >= 15 is 0 Å². The number of aryl methyl sites for hydroxylation is 1. The maximum atomic E-state index is 14.0. The molecule has 1 amide bonds. The van der Waals surface area contributed by atoms with Crippen LogP contribution in [0.15, 0.2) is 23.0 Å². The van der Waals surface area contributed by atoms with E-state index in [1.807, 2.05) is 0 Å². The second kappa shape index (κ2) is 10.3. The summed E-state index contributed by atoms with van der Waals surface area (Å²) in [6, 6.07) is 0.567. The average Bonchev–Trinajstić information content (AvgIpc) is 2.85. The second-order valence-electron chi connectivity index (χ2n) is 10.9. The molecule has 3 aliphatic rings. The van der Waals surface area contributed by atoms with Gasteiger partial charge in [-0.05, 0) is 63.4 Å². The minimum absolute atomic E-state index is 0.00397. The number of phenolic OH excluding ortho intramolecular Hbond substituents is 1. The Labute approximate surface area is 231 Å². The molecule has 0 heterocycles. The summed E-state index contributed by atoms with van der Waals surface area (Å²) in [7, 11) is 6.65. The largest absolute Gasteiger partial charge is 0.508 e. The maximum absolute atomic E-state index is 14.0. The first-order valence-corrected chi connectivity index (χ1v) is 13.0. The fourth-order valence-electron chi connectivity index (χ4n) is 6.41. The molecule has 0 radical (unpaired) electrons. The summed E-state index contributed by atoms with van der Waals surface area (Å²) in [5, 5.41) is 45.4. The third kappa shape index (κ3) is 4.22. The predicted molar refractivity (Wildman–Crippen MR) is 144 cm³/mol. The summed E-state index contributed by atoms with van der Waals surface area (Å²) in [5.41, 5.74) is 3.09. The normalized spacial score (nSPS) is 25.9. The summed E-state index contributed by atoms with van der Waals surface area (Å²) in [5.74, 6) is -7.48. The number of primary amides is 1. The third-order valence-electron chi connectivity index (χ3n) is 8.16. The number of carbonyl (C=O) groups excluding carboxylic acids is 4.